The highest BCUT2D eigenvalue weighted by Gasteiger charge is 2.27. The molecule has 1 aliphatic heterocycles. The van der Waals surface area contributed by atoms with Crippen LogP contribution in [0.2, 0.25) is 0 Å². The summed E-state index contributed by atoms with van der Waals surface area (Å²) in [5.74, 6) is 1.66. The molecule has 0 aromatic rings. The Bertz CT molecular complexity index is 165. The van der Waals surface area contributed by atoms with Crippen LogP contribution >= 0.6 is 0 Å². The normalized spacial score (nSPS) is 27.2. The Morgan fingerprint density at radius 2 is 2.00 bits per heavy atom. The Balaban J connectivity index is 1.74. The Morgan fingerprint density at radius 3 is 2.50 bits per heavy atom. The number of nitrogens with zero attached hydrogens (tertiary/aromatic N) is 1. The Hall–Kier alpha value is -0.120. The quantitative estimate of drug-likeness (QED) is 0.722. The molecule has 1 aliphatic carbocycles. The van der Waals surface area contributed by atoms with Crippen LogP contribution in [0.4, 0.5) is 0 Å². The molecule has 2 rings (SSSR count). The molecule has 2 N–H and O–H groups in total. The van der Waals surface area contributed by atoms with Gasteiger partial charge in [0.2, 0.25) is 0 Å². The molecule has 0 aromatic carbocycles. The lowest BCUT2D eigenvalue weighted by atomic mass is 9.75. The lowest BCUT2D eigenvalue weighted by Crippen LogP contribution is -2.43. The van der Waals surface area contributed by atoms with E-state index in [0.29, 0.717) is 0 Å². The second kappa shape index (κ2) is 5.10. The number of morpholine rings is 1. The molecule has 0 radical (unpaired) electrons. The average molecular weight is 198 g/mol. The molecule has 1 atom stereocenters. The van der Waals surface area contributed by atoms with E-state index in [2.05, 4.69) is 4.90 Å². The van der Waals surface area contributed by atoms with Gasteiger partial charge in [-0.05, 0) is 18.4 Å². The van der Waals surface area contributed by atoms with Gasteiger partial charge in [-0.25, -0.2) is 0 Å². The van der Waals surface area contributed by atoms with Crippen LogP contribution in [0.5, 0.6) is 0 Å². The third-order valence-electron chi connectivity index (χ3n) is 3.72. The van der Waals surface area contributed by atoms with Crippen LogP contribution in [-0.4, -0.2) is 44.3 Å². The van der Waals surface area contributed by atoms with E-state index in [9.17, 15) is 0 Å². The highest BCUT2D eigenvalue weighted by atomic mass is 16.5. The molecule has 1 saturated carbocycles. The monoisotopic (exact) mass is 198 g/mol. The van der Waals surface area contributed by atoms with Gasteiger partial charge in [-0.2, -0.15) is 0 Å². The third-order valence-corrected chi connectivity index (χ3v) is 3.72. The largest absolute Gasteiger partial charge is 0.379 e. The Labute approximate surface area is 86.6 Å². The zero-order chi connectivity index (χ0) is 9.80. The molecule has 0 bridgehead atoms. The van der Waals surface area contributed by atoms with E-state index in [-0.39, 0.29) is 0 Å². The maximum absolute atomic E-state index is 5.84. The van der Waals surface area contributed by atoms with Crippen LogP contribution in [0.15, 0.2) is 0 Å². The minimum atomic E-state index is 0.738. The fourth-order valence-electron chi connectivity index (χ4n) is 2.44. The first kappa shape index (κ1) is 10.4. The van der Waals surface area contributed by atoms with Gasteiger partial charge in [0.1, 0.15) is 0 Å². The molecule has 2 aliphatic rings. The standard InChI is InChI=1S/C11H22N2O/c12-8-11(10-2-1-3-10)9-13-4-6-14-7-5-13/h10-11H,1-9,12H2. The molecular formula is C11H22N2O. The van der Waals surface area contributed by atoms with Gasteiger partial charge in [0.15, 0.2) is 0 Å². The van der Waals surface area contributed by atoms with E-state index in [1.165, 1.54) is 25.8 Å². The summed E-state index contributed by atoms with van der Waals surface area (Å²) < 4.78 is 5.34. The van der Waals surface area contributed by atoms with Gasteiger partial charge in [-0.3, -0.25) is 4.90 Å². The predicted octanol–water partition coefficient (Wildman–Crippen LogP) is 0.694. The SMILES string of the molecule is NCC(CN1CCOCC1)C1CCC1. The van der Waals surface area contributed by atoms with Gasteiger partial charge in [0, 0.05) is 19.6 Å². The highest BCUT2D eigenvalue weighted by molar-refractivity contribution is 4.81. The van der Waals surface area contributed by atoms with Gasteiger partial charge in [0.25, 0.3) is 0 Å². The molecule has 0 spiro atoms. The fourth-order valence-corrected chi connectivity index (χ4v) is 2.44. The van der Waals surface area contributed by atoms with Crippen LogP contribution in [0.25, 0.3) is 0 Å². The summed E-state index contributed by atoms with van der Waals surface area (Å²) in [6, 6.07) is 0. The molecule has 3 nitrogen and oxygen atoms in total. The number of nitrogens with two attached hydrogens (primary N) is 1. The molecule has 0 amide bonds. The molecule has 0 aromatic heterocycles. The first-order valence-electron chi connectivity index (χ1n) is 5.90. The molecular weight excluding hydrogens is 176 g/mol. The van der Waals surface area contributed by atoms with Gasteiger partial charge >= 0.3 is 0 Å². The van der Waals surface area contributed by atoms with Crippen molar-refractivity contribution in [3.63, 3.8) is 0 Å². The molecule has 82 valence electrons. The van der Waals surface area contributed by atoms with Crippen molar-refractivity contribution < 1.29 is 4.74 Å². The average Bonchev–Trinajstić information content (AvgIpc) is 2.15. The Kier molecular flexibility index (Phi) is 3.79. The van der Waals surface area contributed by atoms with Crippen molar-refractivity contribution in [1.82, 2.24) is 4.90 Å². The molecule has 3 heteroatoms. The molecule has 1 heterocycles. The second-order valence-electron chi connectivity index (χ2n) is 4.60. The second-order valence-corrected chi connectivity index (χ2v) is 4.60. The highest BCUT2D eigenvalue weighted by Crippen LogP contribution is 2.33. The molecule has 14 heavy (non-hydrogen) atoms. The summed E-state index contributed by atoms with van der Waals surface area (Å²) in [4.78, 5) is 2.51. The van der Waals surface area contributed by atoms with Crippen LogP contribution in [0.3, 0.4) is 0 Å². The van der Waals surface area contributed by atoms with E-state index >= 15 is 0 Å². The van der Waals surface area contributed by atoms with Crippen LogP contribution in [0.1, 0.15) is 19.3 Å². The van der Waals surface area contributed by atoms with Crippen molar-refractivity contribution in [2.24, 2.45) is 17.6 Å². The summed E-state index contributed by atoms with van der Waals surface area (Å²) in [6.45, 7) is 6.07. The third kappa shape index (κ3) is 2.47. The van der Waals surface area contributed by atoms with Crippen LogP contribution in [-0.2, 0) is 4.74 Å². The van der Waals surface area contributed by atoms with Crippen molar-refractivity contribution in [1.29, 1.82) is 0 Å². The number of hydrogen-bond acceptors (Lipinski definition) is 3. The predicted molar refractivity (Wildman–Crippen MR) is 57.1 cm³/mol. The van der Waals surface area contributed by atoms with E-state index in [0.717, 1.165) is 44.7 Å². The first-order chi connectivity index (χ1) is 6.90. The van der Waals surface area contributed by atoms with Gasteiger partial charge in [-0.15, -0.1) is 0 Å². The number of hydrogen-bond donors (Lipinski definition) is 1. The molecule has 2 fully saturated rings. The zero-order valence-corrected chi connectivity index (χ0v) is 8.95. The lowest BCUT2D eigenvalue weighted by molar-refractivity contribution is 0.0218. The smallest absolute Gasteiger partial charge is 0.0594 e. The van der Waals surface area contributed by atoms with E-state index in [4.69, 9.17) is 10.5 Å². The maximum atomic E-state index is 5.84. The maximum Gasteiger partial charge on any atom is 0.0594 e. The van der Waals surface area contributed by atoms with E-state index in [1.54, 1.807) is 0 Å². The van der Waals surface area contributed by atoms with Crippen molar-refractivity contribution in [2.75, 3.05) is 39.4 Å². The van der Waals surface area contributed by atoms with Crippen molar-refractivity contribution in [3.8, 4) is 0 Å². The topological polar surface area (TPSA) is 38.5 Å². The zero-order valence-electron chi connectivity index (χ0n) is 8.95. The molecule has 1 unspecified atom stereocenters. The fraction of sp³-hybridized carbons (Fsp3) is 1.00. The summed E-state index contributed by atoms with van der Waals surface area (Å²) in [5.41, 5.74) is 5.84. The van der Waals surface area contributed by atoms with Crippen LogP contribution in [0, 0.1) is 11.8 Å². The van der Waals surface area contributed by atoms with Crippen molar-refractivity contribution >= 4 is 0 Å². The van der Waals surface area contributed by atoms with E-state index < -0.39 is 0 Å². The summed E-state index contributed by atoms with van der Waals surface area (Å²) >= 11 is 0. The van der Waals surface area contributed by atoms with E-state index in [1.807, 2.05) is 0 Å². The summed E-state index contributed by atoms with van der Waals surface area (Å²) in [7, 11) is 0. The summed E-state index contributed by atoms with van der Waals surface area (Å²) in [5, 5.41) is 0. The summed E-state index contributed by atoms with van der Waals surface area (Å²) in [6.07, 6.45) is 4.24. The number of ether oxygens (including phenoxy) is 1. The van der Waals surface area contributed by atoms with Gasteiger partial charge < -0.3 is 10.5 Å². The minimum Gasteiger partial charge on any atom is -0.379 e. The molecule has 1 saturated heterocycles. The van der Waals surface area contributed by atoms with Crippen molar-refractivity contribution in [3.05, 3.63) is 0 Å². The van der Waals surface area contributed by atoms with Crippen molar-refractivity contribution in [2.45, 2.75) is 19.3 Å². The van der Waals surface area contributed by atoms with Gasteiger partial charge in [0.05, 0.1) is 13.2 Å². The first-order valence-corrected chi connectivity index (χ1v) is 5.90. The van der Waals surface area contributed by atoms with Gasteiger partial charge in [-0.1, -0.05) is 19.3 Å². The minimum absolute atomic E-state index is 0.738. The Morgan fingerprint density at radius 1 is 1.29 bits per heavy atom. The number of rotatable bonds is 4. The van der Waals surface area contributed by atoms with Crippen LogP contribution < -0.4 is 5.73 Å². The lowest BCUT2D eigenvalue weighted by Gasteiger charge is -2.37.